The largest absolute Gasteiger partial charge is 0.337 e. The minimum atomic E-state index is -0.0799. The standard InChI is InChI=1S/C14H17N3O/c1-10-3-2-4-12-13(10)16-9-17(12)14(18)15-8-7-11-5-6-11/h2-4,9,11H,5-8H2,1H3,(H,15,18). The van der Waals surface area contributed by atoms with Gasteiger partial charge in [0, 0.05) is 6.54 Å². The van der Waals surface area contributed by atoms with E-state index < -0.39 is 0 Å². The molecule has 1 N–H and O–H groups in total. The number of rotatable bonds is 3. The average molecular weight is 243 g/mol. The molecule has 1 amide bonds. The SMILES string of the molecule is Cc1cccc2c1ncn2C(=O)NCCC1CC1. The predicted molar refractivity (Wildman–Crippen MR) is 70.6 cm³/mol. The zero-order valence-corrected chi connectivity index (χ0v) is 10.5. The highest BCUT2D eigenvalue weighted by Gasteiger charge is 2.20. The fraction of sp³-hybridized carbons (Fsp3) is 0.429. The van der Waals surface area contributed by atoms with Crippen molar-refractivity contribution in [3.63, 3.8) is 0 Å². The molecule has 0 saturated heterocycles. The second-order valence-corrected chi connectivity index (χ2v) is 5.02. The van der Waals surface area contributed by atoms with Crippen LogP contribution in [0.15, 0.2) is 24.5 Å². The van der Waals surface area contributed by atoms with Crippen molar-refractivity contribution >= 4 is 17.1 Å². The van der Waals surface area contributed by atoms with Crippen molar-refractivity contribution in [3.8, 4) is 0 Å². The van der Waals surface area contributed by atoms with Crippen molar-refractivity contribution in [1.29, 1.82) is 0 Å². The summed E-state index contributed by atoms with van der Waals surface area (Å²) in [5.74, 6) is 0.840. The maximum Gasteiger partial charge on any atom is 0.327 e. The van der Waals surface area contributed by atoms with Crippen LogP contribution in [0.5, 0.6) is 0 Å². The fourth-order valence-corrected chi connectivity index (χ4v) is 2.22. The summed E-state index contributed by atoms with van der Waals surface area (Å²) in [6.45, 7) is 2.76. The Hall–Kier alpha value is -1.84. The minimum absolute atomic E-state index is 0.0799. The molecule has 0 aliphatic heterocycles. The van der Waals surface area contributed by atoms with E-state index in [9.17, 15) is 4.79 Å². The molecule has 1 heterocycles. The number of hydrogen-bond donors (Lipinski definition) is 1. The van der Waals surface area contributed by atoms with Crippen LogP contribution in [-0.2, 0) is 0 Å². The highest BCUT2D eigenvalue weighted by atomic mass is 16.2. The van der Waals surface area contributed by atoms with Crippen LogP contribution in [0.1, 0.15) is 24.8 Å². The van der Waals surface area contributed by atoms with E-state index in [4.69, 9.17) is 0 Å². The van der Waals surface area contributed by atoms with E-state index >= 15 is 0 Å². The molecule has 1 aromatic heterocycles. The molecule has 0 radical (unpaired) electrons. The molecule has 4 nitrogen and oxygen atoms in total. The van der Waals surface area contributed by atoms with Gasteiger partial charge in [-0.3, -0.25) is 4.57 Å². The summed E-state index contributed by atoms with van der Waals surface area (Å²) in [6, 6.07) is 5.80. The maximum absolute atomic E-state index is 12.0. The lowest BCUT2D eigenvalue weighted by Crippen LogP contribution is -2.29. The van der Waals surface area contributed by atoms with Crippen LogP contribution in [0.2, 0.25) is 0 Å². The summed E-state index contributed by atoms with van der Waals surface area (Å²) in [4.78, 5) is 16.3. The number of fused-ring (bicyclic) bond motifs is 1. The summed E-state index contributed by atoms with van der Waals surface area (Å²) in [5.41, 5.74) is 2.87. The van der Waals surface area contributed by atoms with Crippen LogP contribution < -0.4 is 5.32 Å². The molecule has 1 fully saturated rings. The van der Waals surface area contributed by atoms with Gasteiger partial charge in [0.25, 0.3) is 0 Å². The van der Waals surface area contributed by atoms with Crippen molar-refractivity contribution in [3.05, 3.63) is 30.1 Å². The second-order valence-electron chi connectivity index (χ2n) is 5.02. The number of nitrogens with one attached hydrogen (secondary N) is 1. The zero-order valence-electron chi connectivity index (χ0n) is 10.5. The van der Waals surface area contributed by atoms with Crippen LogP contribution in [0.4, 0.5) is 4.79 Å². The number of nitrogens with zero attached hydrogens (tertiary/aromatic N) is 2. The lowest BCUT2D eigenvalue weighted by molar-refractivity contribution is 0.243. The highest BCUT2D eigenvalue weighted by molar-refractivity contribution is 5.90. The van der Waals surface area contributed by atoms with Crippen LogP contribution >= 0.6 is 0 Å². The number of carbonyl (C=O) groups is 1. The maximum atomic E-state index is 12.0. The van der Waals surface area contributed by atoms with E-state index in [0.717, 1.165) is 35.5 Å². The smallest absolute Gasteiger partial charge is 0.327 e. The summed E-state index contributed by atoms with van der Waals surface area (Å²) in [6.07, 6.45) is 5.34. The molecule has 1 aliphatic carbocycles. The van der Waals surface area contributed by atoms with Crippen LogP contribution in [-0.4, -0.2) is 22.1 Å². The topological polar surface area (TPSA) is 46.9 Å². The summed E-state index contributed by atoms with van der Waals surface area (Å²) < 4.78 is 1.59. The van der Waals surface area contributed by atoms with Crippen LogP contribution in [0.25, 0.3) is 11.0 Å². The van der Waals surface area contributed by atoms with Crippen LogP contribution in [0.3, 0.4) is 0 Å². The Bertz CT molecular complexity index is 584. The van der Waals surface area contributed by atoms with Gasteiger partial charge < -0.3 is 5.32 Å². The highest BCUT2D eigenvalue weighted by Crippen LogP contribution is 2.31. The first-order valence-electron chi connectivity index (χ1n) is 6.46. The van der Waals surface area contributed by atoms with Gasteiger partial charge in [0.2, 0.25) is 0 Å². The Morgan fingerprint density at radius 2 is 2.33 bits per heavy atom. The van der Waals surface area contributed by atoms with Gasteiger partial charge >= 0.3 is 6.03 Å². The van der Waals surface area contributed by atoms with Crippen molar-refractivity contribution < 1.29 is 4.79 Å². The monoisotopic (exact) mass is 243 g/mol. The first-order chi connectivity index (χ1) is 8.75. The fourth-order valence-electron chi connectivity index (χ4n) is 2.22. The first kappa shape index (κ1) is 11.3. The summed E-state index contributed by atoms with van der Waals surface area (Å²) in [5, 5.41) is 2.95. The van der Waals surface area contributed by atoms with Crippen molar-refractivity contribution in [2.24, 2.45) is 5.92 Å². The van der Waals surface area contributed by atoms with E-state index in [1.54, 1.807) is 10.9 Å². The van der Waals surface area contributed by atoms with Gasteiger partial charge in [-0.05, 0) is 30.9 Å². The molecule has 0 spiro atoms. The molecule has 94 valence electrons. The Morgan fingerprint density at radius 3 is 3.11 bits per heavy atom. The molecule has 4 heteroatoms. The molecule has 18 heavy (non-hydrogen) atoms. The van der Waals surface area contributed by atoms with Crippen molar-refractivity contribution in [1.82, 2.24) is 14.9 Å². The quantitative estimate of drug-likeness (QED) is 0.901. The lowest BCUT2D eigenvalue weighted by Gasteiger charge is -2.06. The molecule has 0 atom stereocenters. The van der Waals surface area contributed by atoms with Gasteiger partial charge in [0.05, 0.1) is 11.0 Å². The second kappa shape index (κ2) is 4.44. The summed E-state index contributed by atoms with van der Waals surface area (Å²) >= 11 is 0. The molecule has 0 bridgehead atoms. The van der Waals surface area contributed by atoms with Gasteiger partial charge in [0.15, 0.2) is 0 Å². The third kappa shape index (κ3) is 2.10. The Kier molecular flexibility index (Phi) is 2.78. The van der Waals surface area contributed by atoms with Gasteiger partial charge in [-0.1, -0.05) is 25.0 Å². The molecule has 3 rings (SSSR count). The Labute approximate surface area is 106 Å². The molecular formula is C14H17N3O. The number of benzene rings is 1. The van der Waals surface area contributed by atoms with Crippen molar-refractivity contribution in [2.45, 2.75) is 26.2 Å². The Balaban J connectivity index is 1.76. The number of carbonyl (C=O) groups excluding carboxylic acids is 1. The molecule has 0 unspecified atom stereocenters. The van der Waals surface area contributed by atoms with E-state index in [2.05, 4.69) is 10.3 Å². The molecular weight excluding hydrogens is 226 g/mol. The van der Waals surface area contributed by atoms with Gasteiger partial charge in [0.1, 0.15) is 6.33 Å². The Morgan fingerprint density at radius 1 is 1.50 bits per heavy atom. The average Bonchev–Trinajstić information content (AvgIpc) is 3.07. The predicted octanol–water partition coefficient (Wildman–Crippen LogP) is 2.70. The third-order valence-corrected chi connectivity index (χ3v) is 3.52. The third-order valence-electron chi connectivity index (χ3n) is 3.52. The van der Waals surface area contributed by atoms with E-state index in [0.29, 0.717) is 0 Å². The zero-order chi connectivity index (χ0) is 12.5. The van der Waals surface area contributed by atoms with E-state index in [1.165, 1.54) is 12.8 Å². The van der Waals surface area contributed by atoms with Gasteiger partial charge in [-0.2, -0.15) is 0 Å². The number of imidazole rings is 1. The lowest BCUT2D eigenvalue weighted by atomic mass is 10.2. The van der Waals surface area contributed by atoms with Crippen LogP contribution in [0, 0.1) is 12.8 Å². The van der Waals surface area contributed by atoms with Crippen molar-refractivity contribution in [2.75, 3.05) is 6.54 Å². The molecule has 2 aromatic rings. The number of para-hydroxylation sites is 1. The van der Waals surface area contributed by atoms with Gasteiger partial charge in [-0.15, -0.1) is 0 Å². The molecule has 1 saturated carbocycles. The van der Waals surface area contributed by atoms with E-state index in [-0.39, 0.29) is 6.03 Å². The number of hydrogen-bond acceptors (Lipinski definition) is 2. The summed E-state index contributed by atoms with van der Waals surface area (Å²) in [7, 11) is 0. The molecule has 1 aromatic carbocycles. The van der Waals surface area contributed by atoms with Gasteiger partial charge in [-0.25, -0.2) is 9.78 Å². The minimum Gasteiger partial charge on any atom is -0.337 e. The number of aromatic nitrogens is 2. The van der Waals surface area contributed by atoms with E-state index in [1.807, 2.05) is 25.1 Å². The molecule has 1 aliphatic rings. The normalized spacial score (nSPS) is 14.9. The number of amides is 1. The number of aryl methyl sites for hydroxylation is 1. The first-order valence-corrected chi connectivity index (χ1v) is 6.46.